The molecule has 1 amide bonds. The molecule has 0 unspecified atom stereocenters. The first-order valence-corrected chi connectivity index (χ1v) is 11.7. The molecular weight excluding hydrogens is 466 g/mol. The van der Waals surface area contributed by atoms with Gasteiger partial charge in [0.25, 0.3) is 0 Å². The summed E-state index contributed by atoms with van der Waals surface area (Å²) >= 11 is 0. The van der Waals surface area contributed by atoms with E-state index in [1.165, 1.54) is 18.0 Å². The number of hydrogen-bond acceptors (Lipinski definition) is 8. The summed E-state index contributed by atoms with van der Waals surface area (Å²) in [6, 6.07) is 11.3. The fourth-order valence-corrected chi connectivity index (χ4v) is 4.36. The molecule has 36 heavy (non-hydrogen) atoms. The number of hydrogen-bond donors (Lipinski definition) is 1. The lowest BCUT2D eigenvalue weighted by molar-refractivity contribution is -0.125. The second-order valence-electron chi connectivity index (χ2n) is 8.84. The zero-order valence-electron chi connectivity index (χ0n) is 20.1. The van der Waals surface area contributed by atoms with Gasteiger partial charge in [0.15, 0.2) is 23.0 Å². The highest BCUT2D eigenvalue weighted by molar-refractivity contribution is 5.79. The van der Waals surface area contributed by atoms with Crippen molar-refractivity contribution in [1.29, 1.82) is 0 Å². The van der Waals surface area contributed by atoms with Crippen molar-refractivity contribution in [2.45, 2.75) is 32.2 Å². The molecule has 3 heterocycles. The summed E-state index contributed by atoms with van der Waals surface area (Å²) in [6.45, 7) is 2.31. The first-order valence-electron chi connectivity index (χ1n) is 11.7. The number of rotatable bonds is 8. The molecule has 0 saturated heterocycles. The van der Waals surface area contributed by atoms with Gasteiger partial charge in [0.2, 0.25) is 19.5 Å². The van der Waals surface area contributed by atoms with Gasteiger partial charge in [-0.2, -0.15) is 0 Å². The van der Waals surface area contributed by atoms with Gasteiger partial charge in [-0.15, -0.1) is 0 Å². The van der Waals surface area contributed by atoms with Gasteiger partial charge in [-0.1, -0.05) is 12.1 Å². The molecule has 188 valence electrons. The molecular formula is C26H27N3O7. The van der Waals surface area contributed by atoms with Crippen LogP contribution < -0.4 is 24.3 Å². The lowest BCUT2D eigenvalue weighted by Gasteiger charge is -2.21. The van der Waals surface area contributed by atoms with Crippen molar-refractivity contribution in [2.75, 3.05) is 20.7 Å². The number of aromatic nitrogens is 2. The van der Waals surface area contributed by atoms with Crippen LogP contribution in [-0.2, 0) is 28.8 Å². The topological polar surface area (TPSA) is 110 Å². The standard InChI is InChI=1S/C26H27N3O7/c1-16(7-20-12-29(13-27-20)26(31)32-2)28-25(30)19(8-17-3-5-21-23(10-17)35-14-33-21)9-18-4-6-22-24(11-18)36-15-34-22/h3-6,10-13,16,19H,7-9,14-15H2,1-2H3,(H,28,30)/t16-/m1/s1. The maximum absolute atomic E-state index is 13.5. The molecule has 1 atom stereocenters. The van der Waals surface area contributed by atoms with E-state index in [1.807, 2.05) is 43.3 Å². The molecule has 5 rings (SSSR count). The zero-order valence-corrected chi connectivity index (χ0v) is 20.1. The molecule has 10 heteroatoms. The molecule has 0 fully saturated rings. The Bertz CT molecular complexity index is 1210. The van der Waals surface area contributed by atoms with Gasteiger partial charge in [0, 0.05) is 24.6 Å². The maximum Gasteiger partial charge on any atom is 0.418 e. The number of amides is 1. The third kappa shape index (κ3) is 5.22. The summed E-state index contributed by atoms with van der Waals surface area (Å²) in [6.07, 6.45) is 3.98. The Hall–Kier alpha value is -4.21. The van der Waals surface area contributed by atoms with Crippen LogP contribution in [0, 0.1) is 5.92 Å². The molecule has 1 aromatic heterocycles. The summed E-state index contributed by atoms with van der Waals surface area (Å²) in [5.41, 5.74) is 2.63. The van der Waals surface area contributed by atoms with E-state index in [0.717, 1.165) is 11.1 Å². The van der Waals surface area contributed by atoms with Crippen LogP contribution in [0.3, 0.4) is 0 Å². The van der Waals surface area contributed by atoms with Gasteiger partial charge in [-0.25, -0.2) is 14.3 Å². The van der Waals surface area contributed by atoms with E-state index in [1.54, 1.807) is 6.20 Å². The Labute approximate surface area is 208 Å². The summed E-state index contributed by atoms with van der Waals surface area (Å²) in [5.74, 6) is 2.35. The second kappa shape index (κ2) is 10.2. The zero-order chi connectivity index (χ0) is 25.1. The van der Waals surface area contributed by atoms with Crippen LogP contribution in [0.1, 0.15) is 23.7 Å². The highest BCUT2D eigenvalue weighted by Gasteiger charge is 2.24. The molecule has 2 aliphatic heterocycles. The highest BCUT2D eigenvalue weighted by atomic mass is 16.7. The Morgan fingerprint density at radius 2 is 1.53 bits per heavy atom. The minimum atomic E-state index is -0.516. The lowest BCUT2D eigenvalue weighted by Crippen LogP contribution is -2.40. The maximum atomic E-state index is 13.5. The molecule has 0 aliphatic carbocycles. The van der Waals surface area contributed by atoms with E-state index >= 15 is 0 Å². The normalized spacial score (nSPS) is 14.1. The molecule has 0 radical (unpaired) electrons. The number of ether oxygens (including phenoxy) is 5. The second-order valence-corrected chi connectivity index (χ2v) is 8.84. The van der Waals surface area contributed by atoms with Gasteiger partial charge in [0.05, 0.1) is 12.8 Å². The van der Waals surface area contributed by atoms with Crippen molar-refractivity contribution in [3.63, 3.8) is 0 Å². The van der Waals surface area contributed by atoms with Gasteiger partial charge in [-0.05, 0) is 55.2 Å². The van der Waals surface area contributed by atoms with E-state index in [0.29, 0.717) is 48.0 Å². The van der Waals surface area contributed by atoms with Crippen LogP contribution in [0.2, 0.25) is 0 Å². The van der Waals surface area contributed by atoms with Crippen molar-refractivity contribution >= 4 is 12.0 Å². The summed E-state index contributed by atoms with van der Waals surface area (Å²) in [7, 11) is 1.31. The quantitative estimate of drug-likeness (QED) is 0.510. The number of imidazole rings is 1. The number of carbonyl (C=O) groups excluding carboxylic acids is 2. The third-order valence-corrected chi connectivity index (χ3v) is 6.13. The molecule has 1 N–H and O–H groups in total. The Morgan fingerprint density at radius 1 is 0.944 bits per heavy atom. The SMILES string of the molecule is COC(=O)n1cnc(C[C@@H](C)NC(=O)C(Cc2ccc3c(c2)OCO3)Cc2ccc3c(c2)OCO3)c1. The van der Waals surface area contributed by atoms with E-state index in [2.05, 4.69) is 10.3 Å². The van der Waals surface area contributed by atoms with Crippen molar-refractivity contribution in [3.05, 3.63) is 65.7 Å². The van der Waals surface area contributed by atoms with Gasteiger partial charge in [-0.3, -0.25) is 4.79 Å². The van der Waals surface area contributed by atoms with Gasteiger partial charge < -0.3 is 29.0 Å². The predicted molar refractivity (Wildman–Crippen MR) is 127 cm³/mol. The monoisotopic (exact) mass is 493 g/mol. The summed E-state index contributed by atoms with van der Waals surface area (Å²) in [5, 5.41) is 3.11. The van der Waals surface area contributed by atoms with Crippen molar-refractivity contribution in [2.24, 2.45) is 5.92 Å². The van der Waals surface area contributed by atoms with E-state index in [4.69, 9.17) is 23.7 Å². The van der Waals surface area contributed by atoms with Crippen molar-refractivity contribution in [3.8, 4) is 23.0 Å². The van der Waals surface area contributed by atoms with Crippen LogP contribution in [0.4, 0.5) is 4.79 Å². The van der Waals surface area contributed by atoms with E-state index in [-0.39, 0.29) is 31.5 Å². The number of benzene rings is 2. The molecule has 2 aliphatic rings. The van der Waals surface area contributed by atoms with Gasteiger partial charge in [0.1, 0.15) is 6.33 Å². The summed E-state index contributed by atoms with van der Waals surface area (Å²) < 4.78 is 27.8. The third-order valence-electron chi connectivity index (χ3n) is 6.13. The van der Waals surface area contributed by atoms with Crippen molar-refractivity contribution in [1.82, 2.24) is 14.9 Å². The molecule has 0 spiro atoms. The molecule has 0 saturated carbocycles. The molecule has 0 bridgehead atoms. The average molecular weight is 494 g/mol. The van der Waals surface area contributed by atoms with Crippen LogP contribution in [0.25, 0.3) is 0 Å². The lowest BCUT2D eigenvalue weighted by atomic mass is 9.91. The Balaban J connectivity index is 1.30. The number of nitrogens with one attached hydrogen (secondary N) is 1. The first-order chi connectivity index (χ1) is 17.5. The Kier molecular flexibility index (Phi) is 6.66. The molecule has 2 aromatic carbocycles. The minimum absolute atomic E-state index is 0.0785. The smallest absolute Gasteiger partial charge is 0.418 e. The van der Waals surface area contributed by atoms with Crippen molar-refractivity contribution < 1.29 is 33.3 Å². The fourth-order valence-electron chi connectivity index (χ4n) is 4.36. The highest BCUT2D eigenvalue weighted by Crippen LogP contribution is 2.35. The van der Waals surface area contributed by atoms with Crippen LogP contribution in [0.15, 0.2) is 48.9 Å². The molecule has 3 aromatic rings. The van der Waals surface area contributed by atoms with E-state index < -0.39 is 6.09 Å². The summed E-state index contributed by atoms with van der Waals surface area (Å²) in [4.78, 5) is 29.4. The predicted octanol–water partition coefficient (Wildman–Crippen LogP) is 3.10. The Morgan fingerprint density at radius 3 is 2.11 bits per heavy atom. The van der Waals surface area contributed by atoms with Crippen LogP contribution in [0.5, 0.6) is 23.0 Å². The number of nitrogens with zero attached hydrogens (tertiary/aromatic N) is 2. The number of carbonyl (C=O) groups is 2. The number of methoxy groups -OCH3 is 1. The first kappa shape index (κ1) is 23.5. The van der Waals surface area contributed by atoms with Crippen LogP contribution in [-0.4, -0.2) is 48.3 Å². The van der Waals surface area contributed by atoms with Gasteiger partial charge >= 0.3 is 6.09 Å². The average Bonchev–Trinajstić information content (AvgIpc) is 3.63. The largest absolute Gasteiger partial charge is 0.454 e. The molecule has 10 nitrogen and oxygen atoms in total. The minimum Gasteiger partial charge on any atom is -0.454 e. The number of fused-ring (bicyclic) bond motifs is 2. The van der Waals surface area contributed by atoms with Crippen LogP contribution >= 0.6 is 0 Å². The van der Waals surface area contributed by atoms with E-state index in [9.17, 15) is 9.59 Å². The fraction of sp³-hybridized carbons (Fsp3) is 0.346.